The fourth-order valence-corrected chi connectivity index (χ4v) is 2.97. The average Bonchev–Trinajstić information content (AvgIpc) is 2.54. The third-order valence-electron chi connectivity index (χ3n) is 3.17. The molecule has 0 aliphatic heterocycles. The van der Waals surface area contributed by atoms with Crippen molar-refractivity contribution in [3.63, 3.8) is 0 Å². The molecule has 0 aliphatic carbocycles. The summed E-state index contributed by atoms with van der Waals surface area (Å²) >= 11 is 0. The number of aryl methyl sites for hydroxylation is 1. The Morgan fingerprint density at radius 3 is 2.50 bits per heavy atom. The van der Waals surface area contributed by atoms with E-state index >= 15 is 0 Å². The fourth-order valence-electron chi connectivity index (χ4n) is 1.94. The molecule has 0 atom stereocenters. The van der Waals surface area contributed by atoms with Crippen molar-refractivity contribution in [3.8, 4) is 17.6 Å². The molecule has 0 bridgehead atoms. The molecular formula is C18H18FNO3S. The summed E-state index contributed by atoms with van der Waals surface area (Å²) in [5, 5.41) is 0. The molecule has 126 valence electrons. The lowest BCUT2D eigenvalue weighted by atomic mass is 10.2. The van der Waals surface area contributed by atoms with Crippen molar-refractivity contribution in [2.75, 3.05) is 13.2 Å². The van der Waals surface area contributed by atoms with Crippen LogP contribution in [0.4, 0.5) is 4.39 Å². The van der Waals surface area contributed by atoms with Gasteiger partial charge in [-0.3, -0.25) is 0 Å². The molecule has 0 saturated carbocycles. The molecule has 2 aromatic rings. The van der Waals surface area contributed by atoms with Crippen LogP contribution in [0.25, 0.3) is 0 Å². The highest BCUT2D eigenvalue weighted by atomic mass is 32.2. The number of nitrogens with one attached hydrogen (secondary N) is 1. The van der Waals surface area contributed by atoms with Crippen LogP contribution < -0.4 is 9.46 Å². The Hall–Kier alpha value is -2.36. The van der Waals surface area contributed by atoms with Gasteiger partial charge in [0.25, 0.3) is 0 Å². The van der Waals surface area contributed by atoms with E-state index in [1.165, 1.54) is 24.3 Å². The largest absolute Gasteiger partial charge is 0.481 e. The Bertz CT molecular complexity index is 837. The number of benzene rings is 2. The molecule has 0 heterocycles. The van der Waals surface area contributed by atoms with Gasteiger partial charge in [0.05, 0.1) is 12.3 Å². The van der Waals surface area contributed by atoms with E-state index in [0.29, 0.717) is 5.56 Å². The Labute approximate surface area is 141 Å². The molecule has 0 fully saturated rings. The van der Waals surface area contributed by atoms with Gasteiger partial charge in [-0.05, 0) is 36.2 Å². The zero-order valence-electron chi connectivity index (χ0n) is 13.3. The second-order valence-corrected chi connectivity index (χ2v) is 6.92. The molecule has 0 spiro atoms. The van der Waals surface area contributed by atoms with Crippen molar-refractivity contribution in [2.45, 2.75) is 12.7 Å². The second-order valence-electron chi connectivity index (χ2n) is 5.11. The summed E-state index contributed by atoms with van der Waals surface area (Å²) < 4.78 is 44.4. The van der Waals surface area contributed by atoms with Crippen molar-refractivity contribution >= 4 is 10.0 Å². The zero-order chi connectivity index (χ0) is 17.4. The highest BCUT2D eigenvalue weighted by Gasteiger charge is 2.10. The minimum atomic E-state index is -3.51. The summed E-state index contributed by atoms with van der Waals surface area (Å²) in [6, 6.07) is 12.9. The topological polar surface area (TPSA) is 55.4 Å². The first-order valence-electron chi connectivity index (χ1n) is 7.32. The van der Waals surface area contributed by atoms with Gasteiger partial charge in [-0.1, -0.05) is 42.2 Å². The molecule has 6 heteroatoms. The molecular weight excluding hydrogens is 329 g/mol. The second kappa shape index (κ2) is 8.48. The summed E-state index contributed by atoms with van der Waals surface area (Å²) in [5.74, 6) is 5.60. The summed E-state index contributed by atoms with van der Waals surface area (Å²) in [6.07, 6.45) is 0. The van der Waals surface area contributed by atoms with E-state index in [4.69, 9.17) is 4.74 Å². The normalized spacial score (nSPS) is 10.8. The molecule has 0 amide bonds. The average molecular weight is 347 g/mol. The first-order chi connectivity index (χ1) is 11.5. The van der Waals surface area contributed by atoms with Crippen molar-refractivity contribution in [2.24, 2.45) is 0 Å². The van der Waals surface area contributed by atoms with Gasteiger partial charge in [-0.15, -0.1) is 0 Å². The van der Waals surface area contributed by atoms with Gasteiger partial charge in [0.1, 0.15) is 18.2 Å². The van der Waals surface area contributed by atoms with Gasteiger partial charge in [-0.25, -0.2) is 17.5 Å². The van der Waals surface area contributed by atoms with Crippen LogP contribution in [0, 0.1) is 24.6 Å². The third-order valence-corrected chi connectivity index (χ3v) is 4.47. The Balaban J connectivity index is 1.77. The molecule has 4 nitrogen and oxygen atoms in total. The minimum Gasteiger partial charge on any atom is -0.481 e. The van der Waals surface area contributed by atoms with Gasteiger partial charge in [0, 0.05) is 0 Å². The minimum absolute atomic E-state index is 0.000655. The number of sulfonamides is 1. The van der Waals surface area contributed by atoms with Gasteiger partial charge in [0.15, 0.2) is 0 Å². The molecule has 0 aromatic heterocycles. The van der Waals surface area contributed by atoms with E-state index in [0.717, 1.165) is 11.3 Å². The molecule has 0 aliphatic rings. The van der Waals surface area contributed by atoms with E-state index in [9.17, 15) is 12.8 Å². The van der Waals surface area contributed by atoms with Crippen LogP contribution in [-0.2, 0) is 15.8 Å². The van der Waals surface area contributed by atoms with Crippen LogP contribution in [0.1, 0.15) is 11.1 Å². The zero-order valence-corrected chi connectivity index (χ0v) is 14.1. The molecule has 0 unspecified atom stereocenters. The quantitative estimate of drug-likeness (QED) is 0.818. The Morgan fingerprint density at radius 1 is 1.08 bits per heavy atom. The smallest absolute Gasteiger partial charge is 0.216 e. The summed E-state index contributed by atoms with van der Waals surface area (Å²) in [4.78, 5) is 0. The number of rotatable bonds is 6. The lowest BCUT2D eigenvalue weighted by molar-refractivity contribution is 0.367. The monoisotopic (exact) mass is 347 g/mol. The third kappa shape index (κ3) is 6.03. The van der Waals surface area contributed by atoms with Gasteiger partial charge in [0.2, 0.25) is 10.0 Å². The highest BCUT2D eigenvalue weighted by Crippen LogP contribution is 2.15. The fraction of sp³-hybridized carbons (Fsp3) is 0.222. The summed E-state index contributed by atoms with van der Waals surface area (Å²) in [5.41, 5.74) is 1.53. The number of halogens is 1. The maximum absolute atomic E-state index is 12.8. The first kappa shape index (κ1) is 18.0. The predicted octanol–water partition coefficient (Wildman–Crippen LogP) is 2.64. The molecule has 2 rings (SSSR count). The lowest BCUT2D eigenvalue weighted by Gasteiger charge is -2.05. The van der Waals surface area contributed by atoms with Gasteiger partial charge in [-0.2, -0.15) is 0 Å². The van der Waals surface area contributed by atoms with Gasteiger partial charge < -0.3 is 4.74 Å². The predicted molar refractivity (Wildman–Crippen MR) is 91.5 cm³/mol. The van der Waals surface area contributed by atoms with Crippen molar-refractivity contribution in [1.29, 1.82) is 0 Å². The van der Waals surface area contributed by atoms with Crippen LogP contribution in [0.15, 0.2) is 48.5 Å². The Morgan fingerprint density at radius 2 is 1.79 bits per heavy atom. The number of ether oxygens (including phenoxy) is 1. The van der Waals surface area contributed by atoms with Crippen LogP contribution >= 0.6 is 0 Å². The standard InChI is InChI=1S/C18H18FNO3S/c1-15-6-2-3-7-18(15)23-13-5-4-12-20-24(21,22)14-16-8-10-17(19)11-9-16/h2-3,6-11,20H,12-14H2,1H3. The number of hydrogen-bond acceptors (Lipinski definition) is 3. The lowest BCUT2D eigenvalue weighted by Crippen LogP contribution is -2.25. The van der Waals surface area contributed by atoms with Crippen molar-refractivity contribution in [3.05, 3.63) is 65.5 Å². The first-order valence-corrected chi connectivity index (χ1v) is 8.97. The van der Waals surface area contributed by atoms with Crippen LogP contribution in [0.5, 0.6) is 5.75 Å². The molecule has 24 heavy (non-hydrogen) atoms. The molecule has 1 N–H and O–H groups in total. The SMILES string of the molecule is Cc1ccccc1OCC#CCNS(=O)(=O)Cc1ccc(F)cc1. The number of para-hydroxylation sites is 1. The maximum Gasteiger partial charge on any atom is 0.216 e. The van der Waals surface area contributed by atoms with Crippen LogP contribution in [0.2, 0.25) is 0 Å². The maximum atomic E-state index is 12.8. The van der Waals surface area contributed by atoms with Crippen LogP contribution in [0.3, 0.4) is 0 Å². The highest BCUT2D eigenvalue weighted by molar-refractivity contribution is 7.88. The summed E-state index contributed by atoms with van der Waals surface area (Å²) in [6.45, 7) is 2.12. The van der Waals surface area contributed by atoms with E-state index < -0.39 is 15.8 Å². The summed E-state index contributed by atoms with van der Waals surface area (Å²) in [7, 11) is -3.51. The van der Waals surface area contributed by atoms with Crippen LogP contribution in [-0.4, -0.2) is 21.6 Å². The van der Waals surface area contributed by atoms with Crippen molar-refractivity contribution < 1.29 is 17.5 Å². The van der Waals surface area contributed by atoms with E-state index in [1.54, 1.807) is 0 Å². The van der Waals surface area contributed by atoms with E-state index in [1.807, 2.05) is 31.2 Å². The number of hydrogen-bond donors (Lipinski definition) is 1. The Kier molecular flexibility index (Phi) is 6.36. The molecule has 0 radical (unpaired) electrons. The van der Waals surface area contributed by atoms with Gasteiger partial charge >= 0.3 is 0 Å². The molecule has 0 saturated heterocycles. The van der Waals surface area contributed by atoms with Crippen molar-refractivity contribution in [1.82, 2.24) is 4.72 Å². The van der Waals surface area contributed by atoms with E-state index in [2.05, 4.69) is 16.6 Å². The molecule has 2 aromatic carbocycles. The van der Waals surface area contributed by atoms with E-state index in [-0.39, 0.29) is 18.9 Å².